The van der Waals surface area contributed by atoms with Gasteiger partial charge in [0.25, 0.3) is 0 Å². The van der Waals surface area contributed by atoms with Gasteiger partial charge in [0.05, 0.1) is 18.2 Å². The number of pyridine rings is 1. The first-order valence-corrected chi connectivity index (χ1v) is 11.5. The minimum atomic E-state index is -0.283. The molecule has 0 bridgehead atoms. The molecule has 3 aromatic rings. The molecule has 1 fully saturated rings. The maximum atomic E-state index is 12.6. The molecule has 176 valence electrons. The normalized spacial score (nSPS) is 15.4. The van der Waals surface area contributed by atoms with Gasteiger partial charge in [0.1, 0.15) is 0 Å². The summed E-state index contributed by atoms with van der Waals surface area (Å²) in [5, 5.41) is 4.49. The highest BCUT2D eigenvalue weighted by atomic mass is 16.5. The van der Waals surface area contributed by atoms with E-state index in [1.165, 1.54) is 0 Å². The van der Waals surface area contributed by atoms with E-state index in [-0.39, 0.29) is 23.2 Å². The Bertz CT molecular complexity index is 1170. The van der Waals surface area contributed by atoms with Crippen LogP contribution in [-0.4, -0.2) is 63.9 Å². The largest absolute Gasteiger partial charge is 0.459 e. The second-order valence-electron chi connectivity index (χ2n) is 9.80. The average Bonchev–Trinajstić information content (AvgIpc) is 3.08. The Morgan fingerprint density at radius 3 is 2.52 bits per heavy atom. The van der Waals surface area contributed by atoms with Crippen molar-refractivity contribution in [3.8, 4) is 0 Å². The fourth-order valence-electron chi connectivity index (χ4n) is 4.41. The molecule has 0 atom stereocenters. The van der Waals surface area contributed by atoms with E-state index < -0.39 is 0 Å². The van der Waals surface area contributed by atoms with E-state index in [4.69, 9.17) is 4.74 Å². The molecule has 33 heavy (non-hydrogen) atoms. The molecule has 8 heteroatoms. The zero-order valence-electron chi connectivity index (χ0n) is 19.9. The molecule has 1 aliphatic heterocycles. The van der Waals surface area contributed by atoms with Gasteiger partial charge in [0, 0.05) is 44.6 Å². The van der Waals surface area contributed by atoms with Crippen LogP contribution in [0.2, 0.25) is 0 Å². The maximum absolute atomic E-state index is 12.6. The Morgan fingerprint density at radius 2 is 1.82 bits per heavy atom. The van der Waals surface area contributed by atoms with Crippen molar-refractivity contribution in [2.24, 2.45) is 5.41 Å². The first-order valence-electron chi connectivity index (χ1n) is 11.5. The SMILES string of the molecule is CC(C)OC(=O)c1cccc(N2CCN(CC(C)(C)Cn3nc4ccccn4c3=O)CC2)c1. The van der Waals surface area contributed by atoms with Crippen molar-refractivity contribution in [1.82, 2.24) is 19.1 Å². The summed E-state index contributed by atoms with van der Waals surface area (Å²) in [6.45, 7) is 13.1. The molecule has 1 aliphatic rings. The second kappa shape index (κ2) is 9.39. The molecule has 3 heterocycles. The summed E-state index contributed by atoms with van der Waals surface area (Å²) < 4.78 is 8.49. The van der Waals surface area contributed by atoms with Gasteiger partial charge in [-0.15, -0.1) is 5.10 Å². The van der Waals surface area contributed by atoms with Crippen LogP contribution in [0.1, 0.15) is 38.1 Å². The molecular formula is C25H33N5O3. The van der Waals surface area contributed by atoms with Gasteiger partial charge in [-0.3, -0.25) is 9.30 Å². The first kappa shape index (κ1) is 23.0. The van der Waals surface area contributed by atoms with E-state index >= 15 is 0 Å². The van der Waals surface area contributed by atoms with Gasteiger partial charge in [-0.25, -0.2) is 14.3 Å². The number of carbonyl (C=O) groups is 1. The third kappa shape index (κ3) is 5.45. The van der Waals surface area contributed by atoms with Crippen LogP contribution in [0.5, 0.6) is 0 Å². The lowest BCUT2D eigenvalue weighted by Crippen LogP contribution is -2.50. The summed E-state index contributed by atoms with van der Waals surface area (Å²) in [5.74, 6) is -0.283. The maximum Gasteiger partial charge on any atom is 0.350 e. The van der Waals surface area contributed by atoms with Crippen molar-refractivity contribution in [3.63, 3.8) is 0 Å². The molecule has 0 saturated carbocycles. The van der Waals surface area contributed by atoms with Gasteiger partial charge >= 0.3 is 11.7 Å². The van der Waals surface area contributed by atoms with Crippen LogP contribution in [0.25, 0.3) is 5.65 Å². The number of ether oxygens (including phenoxy) is 1. The zero-order valence-corrected chi connectivity index (χ0v) is 19.9. The zero-order chi connectivity index (χ0) is 23.6. The number of carbonyl (C=O) groups excluding carboxylic acids is 1. The predicted octanol–water partition coefficient (Wildman–Crippen LogP) is 2.91. The molecule has 0 aliphatic carbocycles. The summed E-state index contributed by atoms with van der Waals surface area (Å²) in [6.07, 6.45) is 1.62. The van der Waals surface area contributed by atoms with Crippen molar-refractivity contribution < 1.29 is 9.53 Å². The van der Waals surface area contributed by atoms with Gasteiger partial charge in [-0.1, -0.05) is 26.0 Å². The van der Waals surface area contributed by atoms with Gasteiger partial charge in [-0.05, 0) is 49.6 Å². The molecule has 1 aromatic carbocycles. The summed E-state index contributed by atoms with van der Waals surface area (Å²) in [5.41, 5.74) is 2.10. The predicted molar refractivity (Wildman–Crippen MR) is 129 cm³/mol. The van der Waals surface area contributed by atoms with Crippen LogP contribution >= 0.6 is 0 Å². The number of benzene rings is 1. The van der Waals surface area contributed by atoms with Crippen LogP contribution in [0, 0.1) is 5.41 Å². The van der Waals surface area contributed by atoms with Crippen molar-refractivity contribution in [3.05, 3.63) is 64.7 Å². The molecule has 0 unspecified atom stereocenters. The van der Waals surface area contributed by atoms with Gasteiger partial charge in [0.15, 0.2) is 5.65 Å². The standard InChI is InChI=1S/C25H33N5O3/c1-19(2)33-23(31)20-8-7-9-21(16-20)28-14-12-27(13-15-28)17-25(3,4)18-30-24(32)29-11-6-5-10-22(29)26-30/h5-11,16,19H,12-15,17-18H2,1-4H3. The minimum absolute atomic E-state index is 0.0978. The summed E-state index contributed by atoms with van der Waals surface area (Å²) in [6, 6.07) is 13.2. The number of rotatable bonds is 7. The Labute approximate surface area is 194 Å². The van der Waals surface area contributed by atoms with E-state index in [1.807, 2.05) is 50.2 Å². The van der Waals surface area contributed by atoms with Crippen molar-refractivity contribution in [1.29, 1.82) is 0 Å². The molecule has 4 rings (SSSR count). The second-order valence-corrected chi connectivity index (χ2v) is 9.80. The van der Waals surface area contributed by atoms with E-state index in [0.29, 0.717) is 17.8 Å². The smallest absolute Gasteiger partial charge is 0.350 e. The fraction of sp³-hybridized carbons (Fsp3) is 0.480. The van der Waals surface area contributed by atoms with Crippen LogP contribution in [0.4, 0.5) is 5.69 Å². The molecule has 8 nitrogen and oxygen atoms in total. The lowest BCUT2D eigenvalue weighted by molar-refractivity contribution is 0.0378. The number of aromatic nitrogens is 3. The van der Waals surface area contributed by atoms with Gasteiger partial charge < -0.3 is 9.64 Å². The lowest BCUT2D eigenvalue weighted by atomic mass is 9.92. The highest BCUT2D eigenvalue weighted by Crippen LogP contribution is 2.23. The third-order valence-corrected chi connectivity index (χ3v) is 5.88. The van der Waals surface area contributed by atoms with E-state index in [2.05, 4.69) is 28.7 Å². The van der Waals surface area contributed by atoms with E-state index in [9.17, 15) is 9.59 Å². The third-order valence-electron chi connectivity index (χ3n) is 5.88. The first-order chi connectivity index (χ1) is 15.7. The number of anilines is 1. The van der Waals surface area contributed by atoms with Gasteiger partial charge in [-0.2, -0.15) is 0 Å². The quantitative estimate of drug-likeness (QED) is 0.515. The summed E-state index contributed by atoms with van der Waals surface area (Å²) in [4.78, 5) is 29.6. The Kier molecular flexibility index (Phi) is 6.56. The average molecular weight is 452 g/mol. The van der Waals surface area contributed by atoms with Crippen molar-refractivity contribution in [2.75, 3.05) is 37.6 Å². The Hall–Kier alpha value is -3.13. The number of hydrogen-bond donors (Lipinski definition) is 0. The molecule has 1 saturated heterocycles. The topological polar surface area (TPSA) is 72.1 Å². The van der Waals surface area contributed by atoms with E-state index in [0.717, 1.165) is 38.4 Å². The van der Waals surface area contributed by atoms with Crippen molar-refractivity contribution in [2.45, 2.75) is 40.3 Å². The number of piperazine rings is 1. The summed E-state index contributed by atoms with van der Waals surface area (Å²) in [7, 11) is 0. The van der Waals surface area contributed by atoms with Crippen molar-refractivity contribution >= 4 is 17.3 Å². The highest BCUT2D eigenvalue weighted by Gasteiger charge is 2.27. The molecule has 0 radical (unpaired) electrons. The number of hydrogen-bond acceptors (Lipinski definition) is 6. The lowest BCUT2D eigenvalue weighted by Gasteiger charge is -2.39. The molecule has 0 spiro atoms. The fourth-order valence-corrected chi connectivity index (χ4v) is 4.41. The van der Waals surface area contributed by atoms with Crippen LogP contribution in [0.15, 0.2) is 53.5 Å². The molecular weight excluding hydrogens is 418 g/mol. The number of esters is 1. The Morgan fingerprint density at radius 1 is 1.06 bits per heavy atom. The minimum Gasteiger partial charge on any atom is -0.459 e. The highest BCUT2D eigenvalue weighted by molar-refractivity contribution is 5.90. The molecule has 0 amide bonds. The van der Waals surface area contributed by atoms with Gasteiger partial charge in [0.2, 0.25) is 0 Å². The van der Waals surface area contributed by atoms with Crippen LogP contribution < -0.4 is 10.6 Å². The number of nitrogens with zero attached hydrogens (tertiary/aromatic N) is 5. The molecule has 0 N–H and O–H groups in total. The van der Waals surface area contributed by atoms with E-state index in [1.54, 1.807) is 21.3 Å². The number of fused-ring (bicyclic) bond motifs is 1. The Balaban J connectivity index is 1.35. The van der Waals surface area contributed by atoms with Crippen LogP contribution in [-0.2, 0) is 11.3 Å². The monoisotopic (exact) mass is 451 g/mol. The van der Waals surface area contributed by atoms with Crippen LogP contribution in [0.3, 0.4) is 0 Å². The molecule has 2 aromatic heterocycles. The summed E-state index contributed by atoms with van der Waals surface area (Å²) >= 11 is 0.